The van der Waals surface area contributed by atoms with Crippen LogP contribution in [0.1, 0.15) is 34.2 Å². The molecule has 5 nitrogen and oxygen atoms in total. The maximum absolute atomic E-state index is 11.6. The summed E-state index contributed by atoms with van der Waals surface area (Å²) in [5.41, 5.74) is 4.22. The predicted molar refractivity (Wildman–Crippen MR) is 110 cm³/mol. The van der Waals surface area contributed by atoms with Crippen LogP contribution in [0, 0.1) is 11.3 Å². The summed E-state index contributed by atoms with van der Waals surface area (Å²) in [6, 6.07) is 15.8. The number of aromatic nitrogens is 1. The molecule has 1 amide bonds. The van der Waals surface area contributed by atoms with Crippen molar-refractivity contribution in [3.05, 3.63) is 48.0 Å². The number of amides is 1. The molecular formula is C22H25N3O2. The molecule has 0 unspecified atom stereocenters. The second-order valence-electron chi connectivity index (χ2n) is 6.17. The Hall–Kier alpha value is -3.26. The van der Waals surface area contributed by atoms with Crippen LogP contribution in [0.25, 0.3) is 22.2 Å². The molecule has 2 aromatic carbocycles. The van der Waals surface area contributed by atoms with Crippen molar-refractivity contribution in [2.45, 2.75) is 33.7 Å². The summed E-state index contributed by atoms with van der Waals surface area (Å²) in [6.45, 7) is 7.17. The van der Waals surface area contributed by atoms with Crippen LogP contribution in [-0.4, -0.2) is 17.1 Å². The van der Waals surface area contributed by atoms with E-state index in [0.29, 0.717) is 18.6 Å². The molecule has 27 heavy (non-hydrogen) atoms. The number of nitriles is 1. The quantitative estimate of drug-likeness (QED) is 0.655. The fraction of sp³-hybridized carbons (Fsp3) is 0.273. The van der Waals surface area contributed by atoms with E-state index in [0.717, 1.165) is 40.1 Å². The lowest BCUT2D eigenvalue weighted by molar-refractivity contribution is -0.115. The maximum Gasteiger partial charge on any atom is 0.224 e. The van der Waals surface area contributed by atoms with Gasteiger partial charge in [0.05, 0.1) is 23.4 Å². The Labute approximate surface area is 160 Å². The normalized spacial score (nSPS) is 10.6. The number of hydrogen-bond acceptors (Lipinski definition) is 3. The van der Waals surface area contributed by atoms with E-state index in [-0.39, 0.29) is 7.33 Å². The summed E-state index contributed by atoms with van der Waals surface area (Å²) in [5.74, 6) is 0.775. The zero-order chi connectivity index (χ0) is 19.4. The minimum Gasteiger partial charge on any atom is -0.494 e. The molecule has 0 aliphatic carbocycles. The average molecular weight is 363 g/mol. The molecule has 3 rings (SSSR count). The number of anilines is 1. The van der Waals surface area contributed by atoms with Crippen molar-refractivity contribution in [2.24, 2.45) is 0 Å². The molecule has 1 heterocycles. The zero-order valence-corrected chi connectivity index (χ0v) is 15.9. The van der Waals surface area contributed by atoms with Gasteiger partial charge in [-0.2, -0.15) is 5.26 Å². The highest BCUT2D eigenvalue weighted by Gasteiger charge is 2.18. The second kappa shape index (κ2) is 7.96. The van der Waals surface area contributed by atoms with Crippen molar-refractivity contribution in [3.63, 3.8) is 0 Å². The van der Waals surface area contributed by atoms with Crippen LogP contribution in [0.15, 0.2) is 42.5 Å². The molecule has 0 aliphatic rings. The van der Waals surface area contributed by atoms with Gasteiger partial charge in [-0.05, 0) is 43.7 Å². The molecule has 1 N–H and O–H groups in total. The lowest BCUT2D eigenvalue weighted by Crippen LogP contribution is -2.09. The Balaban J connectivity index is 0.00000280. The van der Waals surface area contributed by atoms with Gasteiger partial charge in [0.15, 0.2) is 0 Å². The highest BCUT2D eigenvalue weighted by Crippen LogP contribution is 2.35. The molecule has 140 valence electrons. The highest BCUT2D eigenvalue weighted by atomic mass is 16.5. The smallest absolute Gasteiger partial charge is 0.224 e. The molecule has 0 saturated heterocycles. The van der Waals surface area contributed by atoms with Crippen molar-refractivity contribution < 1.29 is 11.0 Å². The summed E-state index contributed by atoms with van der Waals surface area (Å²) >= 11 is 0. The first-order chi connectivity index (χ1) is 13.1. The SMILES string of the molecule is CCOc1ccc2c(C#N)c(-c3ccc(NC(=O)CC)cc3)n(CC)c2c1.[HH]. The fourth-order valence-corrected chi connectivity index (χ4v) is 3.29. The fourth-order valence-electron chi connectivity index (χ4n) is 3.29. The van der Waals surface area contributed by atoms with E-state index in [1.807, 2.05) is 56.3 Å². The van der Waals surface area contributed by atoms with Crippen molar-refractivity contribution >= 4 is 22.5 Å². The number of nitrogens with one attached hydrogen (secondary N) is 1. The van der Waals surface area contributed by atoms with E-state index in [1.54, 1.807) is 0 Å². The molecule has 3 aromatic rings. The van der Waals surface area contributed by atoms with Crippen molar-refractivity contribution in [2.75, 3.05) is 11.9 Å². The monoisotopic (exact) mass is 363 g/mol. The third kappa shape index (κ3) is 3.52. The van der Waals surface area contributed by atoms with Gasteiger partial charge >= 0.3 is 0 Å². The molecule has 0 fully saturated rings. The zero-order valence-electron chi connectivity index (χ0n) is 15.9. The van der Waals surface area contributed by atoms with E-state index in [4.69, 9.17) is 4.74 Å². The van der Waals surface area contributed by atoms with Gasteiger partial charge in [0.2, 0.25) is 5.91 Å². The average Bonchev–Trinajstić information content (AvgIpc) is 3.01. The molecule has 0 spiro atoms. The first kappa shape index (κ1) is 18.5. The number of fused-ring (bicyclic) bond motifs is 1. The molecule has 0 bridgehead atoms. The minimum absolute atomic E-state index is 0. The first-order valence-electron chi connectivity index (χ1n) is 9.22. The van der Waals surface area contributed by atoms with E-state index in [2.05, 4.69) is 22.9 Å². The van der Waals surface area contributed by atoms with Gasteiger partial charge in [-0.25, -0.2) is 0 Å². The van der Waals surface area contributed by atoms with Crippen LogP contribution in [0.3, 0.4) is 0 Å². The molecule has 0 saturated carbocycles. The lowest BCUT2D eigenvalue weighted by Gasteiger charge is -2.10. The van der Waals surface area contributed by atoms with Crippen LogP contribution in [-0.2, 0) is 11.3 Å². The minimum atomic E-state index is -0.0217. The summed E-state index contributed by atoms with van der Waals surface area (Å²) in [7, 11) is 0. The Morgan fingerprint density at radius 1 is 1.19 bits per heavy atom. The topological polar surface area (TPSA) is 67.0 Å². The number of carbonyl (C=O) groups excluding carboxylic acids is 1. The molecule has 0 radical (unpaired) electrons. The molecule has 0 aliphatic heterocycles. The van der Waals surface area contributed by atoms with Crippen molar-refractivity contribution in [1.82, 2.24) is 4.57 Å². The van der Waals surface area contributed by atoms with Crippen molar-refractivity contribution in [1.29, 1.82) is 5.26 Å². The van der Waals surface area contributed by atoms with Gasteiger partial charge in [0.1, 0.15) is 11.8 Å². The van der Waals surface area contributed by atoms with Gasteiger partial charge in [0, 0.05) is 31.5 Å². The van der Waals surface area contributed by atoms with Crippen LogP contribution in [0.5, 0.6) is 5.75 Å². The van der Waals surface area contributed by atoms with E-state index >= 15 is 0 Å². The van der Waals surface area contributed by atoms with Gasteiger partial charge in [-0.15, -0.1) is 0 Å². The Bertz CT molecular complexity index is 1020. The van der Waals surface area contributed by atoms with Crippen molar-refractivity contribution in [3.8, 4) is 23.1 Å². The third-order valence-corrected chi connectivity index (χ3v) is 4.54. The molecule has 5 heteroatoms. The number of carbonyl (C=O) groups is 1. The number of nitrogens with zero attached hydrogens (tertiary/aromatic N) is 2. The van der Waals surface area contributed by atoms with Gasteiger partial charge in [-0.3, -0.25) is 4.79 Å². The highest BCUT2D eigenvalue weighted by molar-refractivity contribution is 5.96. The Morgan fingerprint density at radius 3 is 2.52 bits per heavy atom. The Morgan fingerprint density at radius 2 is 1.93 bits per heavy atom. The number of benzene rings is 2. The first-order valence-corrected chi connectivity index (χ1v) is 9.22. The van der Waals surface area contributed by atoms with Gasteiger partial charge < -0.3 is 14.6 Å². The second-order valence-corrected chi connectivity index (χ2v) is 6.17. The van der Waals surface area contributed by atoms with Gasteiger partial charge in [-0.1, -0.05) is 19.1 Å². The maximum atomic E-state index is 11.6. The van der Waals surface area contributed by atoms with E-state index in [1.165, 1.54) is 0 Å². The molecular weight excluding hydrogens is 338 g/mol. The van der Waals surface area contributed by atoms with Gasteiger partial charge in [0.25, 0.3) is 0 Å². The Kier molecular flexibility index (Phi) is 5.46. The van der Waals surface area contributed by atoms with E-state index in [9.17, 15) is 10.1 Å². The number of rotatable bonds is 6. The van der Waals surface area contributed by atoms with Crippen LogP contribution < -0.4 is 10.1 Å². The number of hydrogen-bond donors (Lipinski definition) is 1. The summed E-state index contributed by atoms with van der Waals surface area (Å²) in [6.07, 6.45) is 0.437. The van der Waals surface area contributed by atoms with Crippen LogP contribution in [0.2, 0.25) is 0 Å². The lowest BCUT2D eigenvalue weighted by atomic mass is 10.1. The summed E-state index contributed by atoms with van der Waals surface area (Å²) < 4.78 is 7.76. The van der Waals surface area contributed by atoms with Crippen LogP contribution >= 0.6 is 0 Å². The predicted octanol–water partition coefficient (Wildman–Crippen LogP) is 5.19. The molecule has 0 atom stereocenters. The molecule has 1 aromatic heterocycles. The standard InChI is InChI=1S/C22H23N3O2.H2/c1-4-21(26)24-16-9-7-15(8-10-16)22-19(14-23)18-12-11-17(27-6-3)13-20(18)25(22)5-2;/h7-13H,4-6H2,1-3H3,(H,24,26);1H. The van der Waals surface area contributed by atoms with E-state index < -0.39 is 0 Å². The number of aryl methyl sites for hydroxylation is 1. The van der Waals surface area contributed by atoms with Crippen LogP contribution in [0.4, 0.5) is 5.69 Å². The number of ether oxygens (including phenoxy) is 1. The summed E-state index contributed by atoms with van der Waals surface area (Å²) in [4.78, 5) is 11.6. The summed E-state index contributed by atoms with van der Waals surface area (Å²) in [5, 5.41) is 13.6. The largest absolute Gasteiger partial charge is 0.494 e. The third-order valence-electron chi connectivity index (χ3n) is 4.54.